The number of benzene rings is 1. The van der Waals surface area contributed by atoms with E-state index in [2.05, 4.69) is 9.97 Å². The van der Waals surface area contributed by atoms with Crippen molar-refractivity contribution in [3.63, 3.8) is 0 Å². The fourth-order valence-electron chi connectivity index (χ4n) is 2.07. The zero-order valence-corrected chi connectivity index (χ0v) is 11.8. The van der Waals surface area contributed by atoms with Crippen molar-refractivity contribution in [1.29, 1.82) is 0 Å². The molecular weight excluding hydrogens is 256 g/mol. The highest BCUT2D eigenvalue weighted by Gasteiger charge is 2.29. The zero-order chi connectivity index (χ0) is 14.6. The lowest BCUT2D eigenvalue weighted by molar-refractivity contribution is 0.0494. The second-order valence-corrected chi connectivity index (χ2v) is 4.71. The minimum Gasteiger partial charge on any atom is -0.497 e. The summed E-state index contributed by atoms with van der Waals surface area (Å²) in [6, 6.07) is 7.55. The molecule has 1 N–H and O–H groups in total. The van der Waals surface area contributed by atoms with Crippen molar-refractivity contribution >= 4 is 0 Å². The highest BCUT2D eigenvalue weighted by molar-refractivity contribution is 5.31. The molecule has 0 aliphatic heterocycles. The van der Waals surface area contributed by atoms with Gasteiger partial charge in [0.25, 0.3) is 0 Å². The van der Waals surface area contributed by atoms with Crippen LogP contribution in [0.1, 0.15) is 18.2 Å². The fraction of sp³-hybridized carbons (Fsp3) is 0.333. The lowest BCUT2D eigenvalue weighted by atomic mass is 9.93. The third-order valence-electron chi connectivity index (χ3n) is 3.08. The Kier molecular flexibility index (Phi) is 4.20. The Morgan fingerprint density at radius 1 is 1.05 bits per heavy atom. The van der Waals surface area contributed by atoms with E-state index in [4.69, 9.17) is 9.47 Å². The van der Waals surface area contributed by atoms with Gasteiger partial charge in [0.15, 0.2) is 0 Å². The number of hydrogen-bond acceptors (Lipinski definition) is 5. The number of rotatable bonds is 5. The molecule has 0 fully saturated rings. The molecule has 1 aromatic carbocycles. The molecule has 0 aliphatic carbocycles. The normalized spacial score (nSPS) is 13.6. The van der Waals surface area contributed by atoms with Crippen LogP contribution in [0, 0.1) is 0 Å². The van der Waals surface area contributed by atoms with Crippen molar-refractivity contribution in [2.75, 3.05) is 14.2 Å². The number of ether oxygens (including phenoxy) is 2. The molecule has 20 heavy (non-hydrogen) atoms. The average molecular weight is 274 g/mol. The van der Waals surface area contributed by atoms with Crippen LogP contribution in [0.4, 0.5) is 0 Å². The summed E-state index contributed by atoms with van der Waals surface area (Å²) in [5, 5.41) is 10.7. The first-order valence-electron chi connectivity index (χ1n) is 6.27. The van der Waals surface area contributed by atoms with Gasteiger partial charge in [-0.05, 0) is 24.6 Å². The molecule has 5 heteroatoms. The second-order valence-electron chi connectivity index (χ2n) is 4.71. The van der Waals surface area contributed by atoms with Crippen molar-refractivity contribution in [2.24, 2.45) is 0 Å². The molecule has 0 saturated heterocycles. The van der Waals surface area contributed by atoms with E-state index in [1.807, 2.05) is 24.3 Å². The summed E-state index contributed by atoms with van der Waals surface area (Å²) in [7, 11) is 3.13. The summed E-state index contributed by atoms with van der Waals surface area (Å²) in [6.45, 7) is 1.70. The van der Waals surface area contributed by atoms with Gasteiger partial charge in [0.2, 0.25) is 5.88 Å². The van der Waals surface area contributed by atoms with Gasteiger partial charge in [-0.2, -0.15) is 0 Å². The summed E-state index contributed by atoms with van der Waals surface area (Å²) in [4.78, 5) is 8.26. The highest BCUT2D eigenvalue weighted by atomic mass is 16.5. The summed E-state index contributed by atoms with van der Waals surface area (Å²) >= 11 is 0. The van der Waals surface area contributed by atoms with Crippen molar-refractivity contribution in [2.45, 2.75) is 18.9 Å². The Labute approximate surface area is 118 Å². The first kappa shape index (κ1) is 14.3. The monoisotopic (exact) mass is 274 g/mol. The van der Waals surface area contributed by atoms with E-state index in [-0.39, 0.29) is 0 Å². The van der Waals surface area contributed by atoms with Crippen molar-refractivity contribution in [1.82, 2.24) is 9.97 Å². The number of methoxy groups -OCH3 is 2. The van der Waals surface area contributed by atoms with Gasteiger partial charge >= 0.3 is 0 Å². The minimum atomic E-state index is -1.16. The molecule has 2 rings (SSSR count). The van der Waals surface area contributed by atoms with Crippen LogP contribution in [0.25, 0.3) is 0 Å². The molecule has 2 aromatic rings. The number of nitrogens with zero attached hydrogens (tertiary/aromatic N) is 2. The van der Waals surface area contributed by atoms with Gasteiger partial charge in [-0.1, -0.05) is 12.1 Å². The van der Waals surface area contributed by atoms with E-state index in [9.17, 15) is 5.11 Å². The van der Waals surface area contributed by atoms with Crippen LogP contribution >= 0.6 is 0 Å². The molecule has 1 atom stereocenters. The molecule has 1 unspecified atom stereocenters. The maximum absolute atomic E-state index is 10.7. The second kappa shape index (κ2) is 5.88. The van der Waals surface area contributed by atoms with Crippen LogP contribution in [0.3, 0.4) is 0 Å². The van der Waals surface area contributed by atoms with E-state index in [0.29, 0.717) is 18.0 Å². The van der Waals surface area contributed by atoms with Gasteiger partial charge in [-0.25, -0.2) is 4.98 Å². The molecule has 5 nitrogen and oxygen atoms in total. The topological polar surface area (TPSA) is 64.5 Å². The largest absolute Gasteiger partial charge is 0.497 e. The maximum atomic E-state index is 10.7. The highest BCUT2D eigenvalue weighted by Crippen LogP contribution is 2.29. The predicted molar refractivity (Wildman–Crippen MR) is 74.9 cm³/mol. The number of hydrogen-bond donors (Lipinski definition) is 1. The first-order valence-corrected chi connectivity index (χ1v) is 6.27. The summed E-state index contributed by atoms with van der Waals surface area (Å²) in [5.41, 5.74) is 0.246. The molecule has 1 heterocycles. The SMILES string of the molecule is COc1ccc(CC(C)(O)c2nccnc2OC)cc1. The quantitative estimate of drug-likeness (QED) is 0.902. The zero-order valence-electron chi connectivity index (χ0n) is 11.8. The molecule has 0 spiro atoms. The van der Waals surface area contributed by atoms with Crippen molar-refractivity contribution < 1.29 is 14.6 Å². The Morgan fingerprint density at radius 2 is 1.70 bits per heavy atom. The van der Waals surface area contributed by atoms with Crippen LogP contribution in [-0.4, -0.2) is 29.3 Å². The third kappa shape index (κ3) is 3.05. The lowest BCUT2D eigenvalue weighted by Gasteiger charge is -2.23. The molecule has 0 amide bonds. The summed E-state index contributed by atoms with van der Waals surface area (Å²) in [6.07, 6.45) is 3.48. The Hall–Kier alpha value is -2.14. The van der Waals surface area contributed by atoms with Crippen LogP contribution < -0.4 is 9.47 Å². The summed E-state index contributed by atoms with van der Waals surface area (Å²) in [5.74, 6) is 1.12. The van der Waals surface area contributed by atoms with Gasteiger partial charge in [0.05, 0.1) is 14.2 Å². The molecule has 106 valence electrons. The predicted octanol–water partition coefficient (Wildman–Crippen LogP) is 1.94. The van der Waals surface area contributed by atoms with E-state index in [0.717, 1.165) is 11.3 Å². The Balaban J connectivity index is 2.25. The average Bonchev–Trinajstić information content (AvgIpc) is 2.47. The van der Waals surface area contributed by atoms with Crippen molar-refractivity contribution in [3.05, 3.63) is 47.9 Å². The van der Waals surface area contributed by atoms with Crippen molar-refractivity contribution in [3.8, 4) is 11.6 Å². The fourth-order valence-corrected chi connectivity index (χ4v) is 2.07. The van der Waals surface area contributed by atoms with Crippen LogP contribution in [0.15, 0.2) is 36.7 Å². The molecule has 0 aliphatic rings. The van der Waals surface area contributed by atoms with Gasteiger partial charge in [-0.15, -0.1) is 0 Å². The van der Waals surface area contributed by atoms with Crippen LogP contribution in [0.2, 0.25) is 0 Å². The van der Waals surface area contributed by atoms with Gasteiger partial charge < -0.3 is 14.6 Å². The number of aromatic nitrogens is 2. The minimum absolute atomic E-state index is 0.339. The number of aliphatic hydroxyl groups is 1. The van der Waals surface area contributed by atoms with Gasteiger partial charge in [0.1, 0.15) is 17.0 Å². The van der Waals surface area contributed by atoms with E-state index in [1.54, 1.807) is 20.2 Å². The molecule has 0 saturated carbocycles. The Morgan fingerprint density at radius 3 is 2.30 bits per heavy atom. The van der Waals surface area contributed by atoms with E-state index < -0.39 is 5.60 Å². The molecule has 1 aromatic heterocycles. The summed E-state index contributed by atoms with van der Waals surface area (Å²) < 4.78 is 10.3. The third-order valence-corrected chi connectivity index (χ3v) is 3.08. The first-order chi connectivity index (χ1) is 9.56. The van der Waals surface area contributed by atoms with Gasteiger partial charge in [-0.3, -0.25) is 4.98 Å². The van der Waals surface area contributed by atoms with E-state index >= 15 is 0 Å². The maximum Gasteiger partial charge on any atom is 0.238 e. The lowest BCUT2D eigenvalue weighted by Crippen LogP contribution is -2.26. The Bertz CT molecular complexity index is 568. The molecular formula is C15H18N2O3. The standard InChI is InChI=1S/C15H18N2O3/c1-15(18,13-14(20-3)17-9-8-16-13)10-11-4-6-12(19-2)7-5-11/h4-9,18H,10H2,1-3H3. The van der Waals surface area contributed by atoms with Gasteiger partial charge in [0, 0.05) is 18.8 Å². The van der Waals surface area contributed by atoms with E-state index in [1.165, 1.54) is 13.3 Å². The van der Waals surface area contributed by atoms with Crippen LogP contribution in [-0.2, 0) is 12.0 Å². The molecule has 0 radical (unpaired) electrons. The smallest absolute Gasteiger partial charge is 0.238 e. The van der Waals surface area contributed by atoms with Crippen LogP contribution in [0.5, 0.6) is 11.6 Å². The molecule has 0 bridgehead atoms.